The van der Waals surface area contributed by atoms with Crippen LogP contribution in [-0.4, -0.2) is 49.5 Å². The first kappa shape index (κ1) is 20.5. The Hall–Kier alpha value is -1.51. The number of alkyl halides is 3. The van der Waals surface area contributed by atoms with E-state index < -0.39 is 6.36 Å². The molecule has 1 amide bonds. The van der Waals surface area contributed by atoms with Crippen LogP contribution < -0.4 is 10.5 Å². The summed E-state index contributed by atoms with van der Waals surface area (Å²) in [4.78, 5) is 14.2. The van der Waals surface area contributed by atoms with Gasteiger partial charge in [-0.2, -0.15) is 0 Å². The van der Waals surface area contributed by atoms with E-state index in [1.54, 1.807) is 12.0 Å². The highest BCUT2D eigenvalue weighted by Crippen LogP contribution is 2.25. The molecule has 1 fully saturated rings. The van der Waals surface area contributed by atoms with Crippen molar-refractivity contribution in [1.82, 2.24) is 4.90 Å². The van der Waals surface area contributed by atoms with E-state index in [2.05, 4.69) is 4.74 Å². The van der Waals surface area contributed by atoms with Crippen molar-refractivity contribution >= 4 is 18.3 Å². The fraction of sp³-hybridized carbons (Fsp3) is 0.533. The number of methoxy groups -OCH3 is 1. The lowest BCUT2D eigenvalue weighted by atomic mass is 9.98. The van der Waals surface area contributed by atoms with Gasteiger partial charge in [-0.3, -0.25) is 4.79 Å². The second-order valence-corrected chi connectivity index (χ2v) is 5.34. The maximum atomic E-state index is 12.5. The maximum Gasteiger partial charge on any atom is 0.573 e. The number of hydrogen-bond acceptors (Lipinski definition) is 4. The van der Waals surface area contributed by atoms with E-state index in [0.717, 1.165) is 12.1 Å². The molecule has 2 rings (SSSR count). The van der Waals surface area contributed by atoms with Gasteiger partial charge >= 0.3 is 6.36 Å². The maximum absolute atomic E-state index is 12.5. The molecule has 2 unspecified atom stereocenters. The number of carbonyl (C=O) groups is 1. The average Bonchev–Trinajstić information content (AvgIpc) is 2.52. The average molecular weight is 369 g/mol. The van der Waals surface area contributed by atoms with E-state index in [0.29, 0.717) is 31.5 Å². The van der Waals surface area contributed by atoms with E-state index in [1.165, 1.54) is 12.1 Å². The molecule has 2 atom stereocenters. The highest BCUT2D eigenvalue weighted by atomic mass is 35.5. The van der Waals surface area contributed by atoms with Crippen LogP contribution in [0.1, 0.15) is 23.2 Å². The summed E-state index contributed by atoms with van der Waals surface area (Å²) in [6, 6.07) is 4.74. The summed E-state index contributed by atoms with van der Waals surface area (Å²) in [5, 5.41) is 0. The summed E-state index contributed by atoms with van der Waals surface area (Å²) in [6.45, 7) is 0.806. The minimum Gasteiger partial charge on any atom is -0.406 e. The lowest BCUT2D eigenvalue weighted by Gasteiger charge is -2.38. The van der Waals surface area contributed by atoms with Crippen molar-refractivity contribution in [3.8, 4) is 5.75 Å². The molecule has 0 aromatic heterocycles. The fourth-order valence-electron chi connectivity index (χ4n) is 2.68. The minimum atomic E-state index is -4.75. The van der Waals surface area contributed by atoms with Crippen molar-refractivity contribution < 1.29 is 27.4 Å². The van der Waals surface area contributed by atoms with E-state index >= 15 is 0 Å². The Bertz CT molecular complexity index is 540. The molecule has 9 heteroatoms. The molecule has 0 aliphatic carbocycles. The first-order valence-electron chi connectivity index (χ1n) is 7.23. The van der Waals surface area contributed by atoms with Crippen molar-refractivity contribution in [2.75, 3.05) is 20.2 Å². The highest BCUT2D eigenvalue weighted by molar-refractivity contribution is 5.94. The fourth-order valence-corrected chi connectivity index (χ4v) is 2.68. The Labute approximate surface area is 144 Å². The summed E-state index contributed by atoms with van der Waals surface area (Å²) in [7, 11) is 1.62. The summed E-state index contributed by atoms with van der Waals surface area (Å²) in [6.07, 6.45) is -3.34. The molecule has 0 saturated carbocycles. The van der Waals surface area contributed by atoms with Crippen molar-refractivity contribution in [3.05, 3.63) is 29.8 Å². The van der Waals surface area contributed by atoms with Gasteiger partial charge in [0.1, 0.15) is 5.75 Å². The van der Waals surface area contributed by atoms with Gasteiger partial charge in [-0.05, 0) is 37.1 Å². The van der Waals surface area contributed by atoms with Crippen LogP contribution in [0.5, 0.6) is 5.75 Å². The summed E-state index contributed by atoms with van der Waals surface area (Å²) < 4.78 is 45.5. The third-order valence-electron chi connectivity index (χ3n) is 3.87. The van der Waals surface area contributed by atoms with Gasteiger partial charge in [0.05, 0.1) is 6.10 Å². The first-order valence-corrected chi connectivity index (χ1v) is 7.23. The van der Waals surface area contributed by atoms with Gasteiger partial charge in [-0.15, -0.1) is 25.6 Å². The normalized spacial score (nSPS) is 21.1. The standard InChI is InChI=1S/C15H19F3N2O3.ClH/c1-22-13-6-7-20(11(8-13)9-19)14(21)10-2-4-12(5-3-10)23-15(16,17)18;/h2-5,11,13H,6-9,19H2,1H3;1H. The van der Waals surface area contributed by atoms with Crippen LogP contribution in [0.25, 0.3) is 0 Å². The van der Waals surface area contributed by atoms with E-state index in [1.807, 2.05) is 0 Å². The van der Waals surface area contributed by atoms with Gasteiger partial charge in [-0.1, -0.05) is 0 Å². The van der Waals surface area contributed by atoms with E-state index in [9.17, 15) is 18.0 Å². The molecule has 1 aliphatic rings. The molecule has 24 heavy (non-hydrogen) atoms. The summed E-state index contributed by atoms with van der Waals surface area (Å²) in [5.41, 5.74) is 6.03. The highest BCUT2D eigenvalue weighted by Gasteiger charge is 2.32. The monoisotopic (exact) mass is 368 g/mol. The lowest BCUT2D eigenvalue weighted by Crippen LogP contribution is -2.51. The zero-order valence-electron chi connectivity index (χ0n) is 13.1. The topological polar surface area (TPSA) is 64.8 Å². The second-order valence-electron chi connectivity index (χ2n) is 5.34. The predicted molar refractivity (Wildman–Crippen MR) is 84.3 cm³/mol. The van der Waals surface area contributed by atoms with Gasteiger partial charge in [0.15, 0.2) is 0 Å². The van der Waals surface area contributed by atoms with Gasteiger partial charge in [0, 0.05) is 31.8 Å². The second kappa shape index (κ2) is 8.55. The Morgan fingerprint density at radius 2 is 1.96 bits per heavy atom. The zero-order chi connectivity index (χ0) is 17.0. The number of nitrogens with two attached hydrogens (primary N) is 1. The first-order chi connectivity index (χ1) is 10.8. The summed E-state index contributed by atoms with van der Waals surface area (Å²) >= 11 is 0. The smallest absolute Gasteiger partial charge is 0.406 e. The number of ether oxygens (including phenoxy) is 2. The molecule has 0 radical (unpaired) electrons. The minimum absolute atomic E-state index is 0. The quantitative estimate of drug-likeness (QED) is 0.887. The van der Waals surface area contributed by atoms with Gasteiger partial charge < -0.3 is 20.1 Å². The Kier molecular flexibility index (Phi) is 7.31. The summed E-state index contributed by atoms with van der Waals surface area (Å²) in [5.74, 6) is -0.615. The Balaban J connectivity index is 0.00000288. The van der Waals surface area contributed by atoms with E-state index in [4.69, 9.17) is 10.5 Å². The molecule has 0 spiro atoms. The number of halogens is 4. The SMILES string of the molecule is COC1CCN(C(=O)c2ccc(OC(F)(F)F)cc2)C(CN)C1.Cl. The van der Waals surface area contributed by atoms with Crippen LogP contribution in [0, 0.1) is 0 Å². The number of hydrogen-bond donors (Lipinski definition) is 1. The Morgan fingerprint density at radius 3 is 2.46 bits per heavy atom. The number of benzene rings is 1. The molecule has 1 heterocycles. The molecule has 2 N–H and O–H groups in total. The third-order valence-corrected chi connectivity index (χ3v) is 3.87. The van der Waals surface area contributed by atoms with Crippen molar-refractivity contribution in [2.45, 2.75) is 31.3 Å². The number of nitrogens with zero attached hydrogens (tertiary/aromatic N) is 1. The van der Waals surface area contributed by atoms with Gasteiger partial charge in [0.2, 0.25) is 0 Å². The molecular formula is C15H20ClF3N2O3. The Morgan fingerprint density at radius 1 is 1.33 bits per heavy atom. The van der Waals surface area contributed by atoms with Crippen LogP contribution in [-0.2, 0) is 4.74 Å². The molecular weight excluding hydrogens is 349 g/mol. The predicted octanol–water partition coefficient (Wildman–Crippen LogP) is 2.59. The largest absolute Gasteiger partial charge is 0.573 e. The number of amides is 1. The van der Waals surface area contributed by atoms with Crippen LogP contribution in [0.4, 0.5) is 13.2 Å². The van der Waals surface area contributed by atoms with Crippen LogP contribution in [0.15, 0.2) is 24.3 Å². The molecule has 1 aromatic rings. The van der Waals surface area contributed by atoms with Crippen molar-refractivity contribution in [3.63, 3.8) is 0 Å². The molecule has 1 saturated heterocycles. The van der Waals surface area contributed by atoms with Gasteiger partial charge in [0.25, 0.3) is 5.91 Å². The number of rotatable bonds is 4. The molecule has 5 nitrogen and oxygen atoms in total. The van der Waals surface area contributed by atoms with E-state index in [-0.39, 0.29) is 36.2 Å². The molecule has 136 valence electrons. The number of piperidine rings is 1. The molecule has 1 aromatic carbocycles. The van der Waals surface area contributed by atoms with Gasteiger partial charge in [-0.25, -0.2) is 0 Å². The number of likely N-dealkylation sites (tertiary alicyclic amines) is 1. The van der Waals surface area contributed by atoms with Crippen LogP contribution in [0.2, 0.25) is 0 Å². The molecule has 1 aliphatic heterocycles. The van der Waals surface area contributed by atoms with Crippen LogP contribution >= 0.6 is 12.4 Å². The zero-order valence-corrected chi connectivity index (χ0v) is 13.9. The van der Waals surface area contributed by atoms with Crippen molar-refractivity contribution in [1.29, 1.82) is 0 Å². The number of carbonyl (C=O) groups excluding carboxylic acids is 1. The lowest BCUT2D eigenvalue weighted by molar-refractivity contribution is -0.274. The van der Waals surface area contributed by atoms with Crippen molar-refractivity contribution in [2.24, 2.45) is 5.73 Å². The third kappa shape index (κ3) is 5.25. The molecule has 0 bridgehead atoms. The van der Waals surface area contributed by atoms with Crippen LogP contribution in [0.3, 0.4) is 0 Å².